The zero-order valence-electron chi connectivity index (χ0n) is 7.31. The molecular formula is C7H20AlN. The monoisotopic (exact) mass is 145 g/mol. The van der Waals surface area contributed by atoms with Crippen LogP contribution in [0.15, 0.2) is 0 Å². The first-order valence-electron chi connectivity index (χ1n) is 3.70. The molecular weight excluding hydrogens is 125 g/mol. The Balaban J connectivity index is 0. The fraction of sp³-hybridized carbons (Fsp3) is 1.00. The van der Waals surface area contributed by atoms with Gasteiger partial charge in [-0.2, -0.15) is 0 Å². The molecule has 0 amide bonds. The van der Waals surface area contributed by atoms with Crippen molar-refractivity contribution >= 4 is 14.4 Å². The number of hydrogen-bond donors (Lipinski definition) is 0. The summed E-state index contributed by atoms with van der Waals surface area (Å²) in [5, 5.41) is 1.44. The highest BCUT2D eigenvalue weighted by atomic mass is 27.2. The molecule has 0 aliphatic heterocycles. The van der Waals surface area contributed by atoms with Crippen LogP contribution in [0.5, 0.6) is 0 Å². The standard InChI is InChI=1S/C4H9.C2H6N.CH3.Al.H2/c1-4(2)3;1-3-2;;;/h4H,1H2,2-3H3;1-2H3;1H3;;1H/q;-1;;+1;. The van der Waals surface area contributed by atoms with E-state index < -0.39 is 14.4 Å². The molecule has 0 atom stereocenters. The summed E-state index contributed by atoms with van der Waals surface area (Å²) in [5.41, 5.74) is 0. The molecule has 56 valence electrons. The summed E-state index contributed by atoms with van der Waals surface area (Å²) in [6.07, 6.45) is 0. The SMILES string of the molecule is CC(C)[CH2][Al]([CH3])[N](C)C.[HH]. The zero-order chi connectivity index (χ0) is 7.44. The molecule has 0 N–H and O–H groups in total. The van der Waals surface area contributed by atoms with Gasteiger partial charge in [-0.05, 0) is 14.1 Å². The molecule has 0 saturated heterocycles. The molecule has 0 radical (unpaired) electrons. The molecule has 0 aromatic carbocycles. The molecule has 0 heterocycles. The van der Waals surface area contributed by atoms with E-state index in [9.17, 15) is 0 Å². The lowest BCUT2D eigenvalue weighted by Gasteiger charge is -2.16. The van der Waals surface area contributed by atoms with Gasteiger partial charge in [0, 0.05) is 1.43 Å². The van der Waals surface area contributed by atoms with Gasteiger partial charge in [0.2, 0.25) is 0 Å². The molecule has 2 heteroatoms. The van der Waals surface area contributed by atoms with E-state index in [0.29, 0.717) is 0 Å². The van der Waals surface area contributed by atoms with Gasteiger partial charge < -0.3 is 3.88 Å². The predicted molar refractivity (Wildman–Crippen MR) is 47.1 cm³/mol. The predicted octanol–water partition coefficient (Wildman–Crippen LogP) is 2.07. The van der Waals surface area contributed by atoms with Crippen molar-refractivity contribution in [2.45, 2.75) is 24.9 Å². The maximum Gasteiger partial charge on any atom is 0.369 e. The minimum absolute atomic E-state index is 0. The number of rotatable bonds is 3. The summed E-state index contributed by atoms with van der Waals surface area (Å²) < 4.78 is 2.40. The van der Waals surface area contributed by atoms with E-state index in [1.54, 1.807) is 0 Å². The summed E-state index contributed by atoms with van der Waals surface area (Å²) >= 11 is -0.500. The molecule has 0 aliphatic carbocycles. The molecule has 9 heavy (non-hydrogen) atoms. The summed E-state index contributed by atoms with van der Waals surface area (Å²) in [7, 11) is 4.39. The molecule has 0 aromatic rings. The van der Waals surface area contributed by atoms with Crippen LogP contribution in [0, 0.1) is 5.92 Å². The van der Waals surface area contributed by atoms with E-state index in [4.69, 9.17) is 0 Å². The van der Waals surface area contributed by atoms with E-state index >= 15 is 0 Å². The fourth-order valence-electron chi connectivity index (χ4n) is 0.893. The van der Waals surface area contributed by atoms with Crippen LogP contribution in [0.2, 0.25) is 11.1 Å². The maximum absolute atomic E-state index is 2.40. The second kappa shape index (κ2) is 4.33. The zero-order valence-corrected chi connectivity index (χ0v) is 8.46. The lowest BCUT2D eigenvalue weighted by atomic mass is 10.3. The molecule has 0 rings (SSSR count). The lowest BCUT2D eigenvalue weighted by molar-refractivity contribution is 0.611. The van der Waals surface area contributed by atoms with Gasteiger partial charge >= 0.3 is 14.4 Å². The van der Waals surface area contributed by atoms with Crippen molar-refractivity contribution in [1.82, 2.24) is 3.88 Å². The normalized spacial score (nSPS) is 11.0. The van der Waals surface area contributed by atoms with Gasteiger partial charge in [0.1, 0.15) is 0 Å². The van der Waals surface area contributed by atoms with Crippen molar-refractivity contribution in [3.63, 3.8) is 0 Å². The van der Waals surface area contributed by atoms with Crippen LogP contribution in [0.4, 0.5) is 0 Å². The van der Waals surface area contributed by atoms with E-state index in [0.717, 1.165) is 5.92 Å². The first kappa shape index (κ1) is 9.49. The summed E-state index contributed by atoms with van der Waals surface area (Å²) in [6, 6.07) is 0. The molecule has 1 nitrogen and oxygen atoms in total. The van der Waals surface area contributed by atoms with Gasteiger partial charge in [-0.15, -0.1) is 0 Å². The highest BCUT2D eigenvalue weighted by Crippen LogP contribution is 2.05. The van der Waals surface area contributed by atoms with E-state index in [1.807, 2.05) is 0 Å². The van der Waals surface area contributed by atoms with Crippen LogP contribution in [0.1, 0.15) is 15.3 Å². The lowest BCUT2D eigenvalue weighted by Crippen LogP contribution is -2.30. The maximum atomic E-state index is 2.40. The highest BCUT2D eigenvalue weighted by Gasteiger charge is 2.14. The Hall–Kier alpha value is 0.492. The first-order chi connectivity index (χ1) is 4.04. The minimum atomic E-state index is -0.500. The van der Waals surface area contributed by atoms with Crippen LogP contribution in [0.3, 0.4) is 0 Å². The van der Waals surface area contributed by atoms with Gasteiger partial charge in [-0.25, -0.2) is 0 Å². The minimum Gasteiger partial charge on any atom is -0.390 e. The van der Waals surface area contributed by atoms with Crippen LogP contribution in [-0.4, -0.2) is 32.3 Å². The number of nitrogens with zero attached hydrogens (tertiary/aromatic N) is 1. The van der Waals surface area contributed by atoms with Crippen molar-refractivity contribution in [3.05, 3.63) is 0 Å². The van der Waals surface area contributed by atoms with E-state index in [1.165, 1.54) is 5.28 Å². The number of hydrogen-bond acceptors (Lipinski definition) is 1. The van der Waals surface area contributed by atoms with Gasteiger partial charge in [0.15, 0.2) is 0 Å². The molecule has 0 spiro atoms. The second-order valence-electron chi connectivity index (χ2n) is 3.44. The largest absolute Gasteiger partial charge is 0.390 e. The molecule has 0 aliphatic rings. The van der Waals surface area contributed by atoms with Crippen molar-refractivity contribution in [3.8, 4) is 0 Å². The third kappa shape index (κ3) is 4.96. The molecule has 0 aromatic heterocycles. The van der Waals surface area contributed by atoms with Gasteiger partial charge in [-0.1, -0.05) is 30.8 Å². The molecule has 0 unspecified atom stereocenters. The topological polar surface area (TPSA) is 3.24 Å². The van der Waals surface area contributed by atoms with Gasteiger partial charge in [-0.3, -0.25) is 0 Å². The van der Waals surface area contributed by atoms with Gasteiger partial charge in [0.25, 0.3) is 0 Å². The third-order valence-electron chi connectivity index (χ3n) is 1.69. The highest BCUT2D eigenvalue weighted by molar-refractivity contribution is 6.54. The average molecular weight is 145 g/mol. The van der Waals surface area contributed by atoms with Crippen molar-refractivity contribution in [1.29, 1.82) is 0 Å². The Bertz CT molecular complexity index is 76.0. The van der Waals surface area contributed by atoms with E-state index in [-0.39, 0.29) is 1.43 Å². The molecule has 0 bridgehead atoms. The van der Waals surface area contributed by atoms with Crippen molar-refractivity contribution < 1.29 is 1.43 Å². The average Bonchev–Trinajstić information content (AvgIpc) is 1.63. The summed E-state index contributed by atoms with van der Waals surface area (Å²) in [5.74, 6) is 3.29. The Morgan fingerprint density at radius 1 is 1.44 bits per heavy atom. The quantitative estimate of drug-likeness (QED) is 0.549. The second-order valence-corrected chi connectivity index (χ2v) is 6.64. The van der Waals surface area contributed by atoms with Crippen LogP contribution in [0.25, 0.3) is 0 Å². The van der Waals surface area contributed by atoms with Crippen molar-refractivity contribution in [2.24, 2.45) is 5.92 Å². The first-order valence-corrected chi connectivity index (χ1v) is 6.19. The Kier molecular flexibility index (Phi) is 4.57. The van der Waals surface area contributed by atoms with Crippen LogP contribution >= 0.6 is 0 Å². The van der Waals surface area contributed by atoms with Crippen LogP contribution in [-0.2, 0) is 0 Å². The van der Waals surface area contributed by atoms with Crippen LogP contribution < -0.4 is 0 Å². The van der Waals surface area contributed by atoms with Gasteiger partial charge in [0.05, 0.1) is 0 Å². The summed E-state index contributed by atoms with van der Waals surface area (Å²) in [4.78, 5) is 0. The third-order valence-corrected chi connectivity index (χ3v) is 5.08. The molecule has 0 saturated carbocycles. The summed E-state index contributed by atoms with van der Waals surface area (Å²) in [6.45, 7) is 4.60. The molecule has 0 fully saturated rings. The Morgan fingerprint density at radius 3 is 2.00 bits per heavy atom. The van der Waals surface area contributed by atoms with E-state index in [2.05, 4.69) is 37.6 Å². The Morgan fingerprint density at radius 2 is 1.89 bits per heavy atom. The smallest absolute Gasteiger partial charge is 0.369 e. The Labute approximate surface area is 65.1 Å². The van der Waals surface area contributed by atoms with Crippen molar-refractivity contribution in [2.75, 3.05) is 14.1 Å². The fourth-order valence-corrected chi connectivity index (χ4v) is 2.68.